The average Bonchev–Trinajstić information content (AvgIpc) is 2.66. The lowest BCUT2D eigenvalue weighted by Gasteiger charge is -2.15. The van der Waals surface area contributed by atoms with E-state index in [1.165, 1.54) is 25.1 Å². The van der Waals surface area contributed by atoms with E-state index in [1.807, 2.05) is 13.8 Å². The molecule has 2 amide bonds. The van der Waals surface area contributed by atoms with E-state index in [2.05, 4.69) is 10.9 Å². The third-order valence-corrected chi connectivity index (χ3v) is 3.49. The average molecular weight is 374 g/mol. The van der Waals surface area contributed by atoms with Gasteiger partial charge in [-0.2, -0.15) is 0 Å². The van der Waals surface area contributed by atoms with Crippen molar-refractivity contribution in [1.82, 2.24) is 10.9 Å². The van der Waals surface area contributed by atoms with E-state index in [1.54, 1.807) is 30.3 Å². The molecule has 0 fully saturated rings. The normalized spacial score (nSPS) is 11.6. The van der Waals surface area contributed by atoms with E-state index in [9.17, 15) is 14.0 Å². The zero-order chi connectivity index (χ0) is 19.8. The topological polar surface area (TPSA) is 76.7 Å². The molecule has 1 unspecified atom stereocenters. The lowest BCUT2D eigenvalue weighted by molar-refractivity contribution is -0.128. The highest BCUT2D eigenvalue weighted by Crippen LogP contribution is 2.17. The van der Waals surface area contributed by atoms with Crippen LogP contribution >= 0.6 is 0 Å². The van der Waals surface area contributed by atoms with Crippen molar-refractivity contribution in [3.63, 3.8) is 0 Å². The number of carbonyl (C=O) groups excluding carboxylic acids is 2. The van der Waals surface area contributed by atoms with Crippen LogP contribution in [0, 0.1) is 11.7 Å². The summed E-state index contributed by atoms with van der Waals surface area (Å²) in [7, 11) is 0. The smallest absolute Gasteiger partial charge is 0.279 e. The van der Waals surface area contributed by atoms with Gasteiger partial charge in [0, 0.05) is 5.56 Å². The van der Waals surface area contributed by atoms with Crippen molar-refractivity contribution in [2.75, 3.05) is 6.61 Å². The minimum Gasteiger partial charge on any atom is -0.493 e. The van der Waals surface area contributed by atoms with Gasteiger partial charge in [0.05, 0.1) is 6.61 Å². The second-order valence-corrected chi connectivity index (χ2v) is 6.37. The van der Waals surface area contributed by atoms with E-state index in [-0.39, 0.29) is 5.75 Å². The molecule has 6 nitrogen and oxygen atoms in total. The van der Waals surface area contributed by atoms with Gasteiger partial charge in [0.15, 0.2) is 17.7 Å². The first-order valence-electron chi connectivity index (χ1n) is 8.61. The first-order valence-corrected chi connectivity index (χ1v) is 8.61. The molecule has 0 aromatic heterocycles. The number of nitrogens with one attached hydrogen (secondary N) is 2. The van der Waals surface area contributed by atoms with Gasteiger partial charge in [-0.05, 0) is 43.2 Å². The third-order valence-electron chi connectivity index (χ3n) is 3.49. The molecule has 144 valence electrons. The SMILES string of the molecule is CC(C)COc1cccc(C(=O)NNC(=O)C(C)Oc2ccccc2F)c1. The van der Waals surface area contributed by atoms with E-state index < -0.39 is 23.7 Å². The molecule has 2 aromatic rings. The van der Waals surface area contributed by atoms with Crippen molar-refractivity contribution in [3.8, 4) is 11.5 Å². The highest BCUT2D eigenvalue weighted by atomic mass is 19.1. The van der Waals surface area contributed by atoms with Crippen LogP contribution in [-0.4, -0.2) is 24.5 Å². The molecule has 0 saturated heterocycles. The number of carbonyl (C=O) groups is 2. The molecule has 0 aliphatic heterocycles. The fourth-order valence-electron chi connectivity index (χ4n) is 2.07. The summed E-state index contributed by atoms with van der Waals surface area (Å²) in [5.41, 5.74) is 4.90. The second-order valence-electron chi connectivity index (χ2n) is 6.37. The van der Waals surface area contributed by atoms with Crippen molar-refractivity contribution in [2.24, 2.45) is 5.92 Å². The van der Waals surface area contributed by atoms with E-state index in [0.29, 0.717) is 23.8 Å². The maximum Gasteiger partial charge on any atom is 0.279 e. The molecule has 0 aliphatic carbocycles. The van der Waals surface area contributed by atoms with Gasteiger partial charge < -0.3 is 9.47 Å². The summed E-state index contributed by atoms with van der Waals surface area (Å²) in [5.74, 6) is -0.798. The zero-order valence-electron chi connectivity index (χ0n) is 15.5. The van der Waals surface area contributed by atoms with Gasteiger partial charge in [0.2, 0.25) is 0 Å². The Bertz CT molecular complexity index is 795. The number of amides is 2. The number of benzene rings is 2. The van der Waals surface area contributed by atoms with E-state index >= 15 is 0 Å². The number of rotatable bonds is 7. The molecule has 0 heterocycles. The molecular formula is C20H23FN2O4. The summed E-state index contributed by atoms with van der Waals surface area (Å²) in [4.78, 5) is 24.2. The number of para-hydroxylation sites is 1. The van der Waals surface area contributed by atoms with Gasteiger partial charge >= 0.3 is 0 Å². The fourth-order valence-corrected chi connectivity index (χ4v) is 2.07. The van der Waals surface area contributed by atoms with Gasteiger partial charge in [-0.25, -0.2) is 4.39 Å². The van der Waals surface area contributed by atoms with Crippen LogP contribution in [0.15, 0.2) is 48.5 Å². The van der Waals surface area contributed by atoms with Crippen LogP contribution in [-0.2, 0) is 4.79 Å². The Morgan fingerprint density at radius 1 is 1.04 bits per heavy atom. The summed E-state index contributed by atoms with van der Waals surface area (Å²) in [6.45, 7) is 6.04. The maximum atomic E-state index is 13.6. The summed E-state index contributed by atoms with van der Waals surface area (Å²) < 4.78 is 24.4. The molecule has 2 aromatic carbocycles. The highest BCUT2D eigenvalue weighted by Gasteiger charge is 2.17. The highest BCUT2D eigenvalue weighted by molar-refractivity contribution is 5.96. The molecule has 7 heteroatoms. The number of halogens is 1. The van der Waals surface area contributed by atoms with Crippen molar-refractivity contribution < 1.29 is 23.5 Å². The summed E-state index contributed by atoms with van der Waals surface area (Å²) in [6.07, 6.45) is -0.997. The van der Waals surface area contributed by atoms with Crippen molar-refractivity contribution in [1.29, 1.82) is 0 Å². The van der Waals surface area contributed by atoms with Crippen LogP contribution in [0.25, 0.3) is 0 Å². The van der Waals surface area contributed by atoms with Gasteiger partial charge in [-0.3, -0.25) is 20.4 Å². The first kappa shape index (κ1) is 20.2. The van der Waals surface area contributed by atoms with Crippen LogP contribution in [0.1, 0.15) is 31.1 Å². The molecule has 0 aliphatic rings. The minimum absolute atomic E-state index is 0.0403. The third kappa shape index (κ3) is 6.29. The van der Waals surface area contributed by atoms with Crippen LogP contribution in [0.3, 0.4) is 0 Å². The lowest BCUT2D eigenvalue weighted by Crippen LogP contribution is -2.47. The summed E-state index contributed by atoms with van der Waals surface area (Å²) in [6, 6.07) is 12.4. The Labute approximate surface area is 157 Å². The molecule has 0 saturated carbocycles. The largest absolute Gasteiger partial charge is 0.493 e. The van der Waals surface area contributed by atoms with Crippen molar-refractivity contribution in [3.05, 3.63) is 59.9 Å². The molecule has 0 spiro atoms. The Morgan fingerprint density at radius 2 is 1.78 bits per heavy atom. The molecule has 0 bridgehead atoms. The van der Waals surface area contributed by atoms with Crippen molar-refractivity contribution in [2.45, 2.75) is 26.9 Å². The Morgan fingerprint density at radius 3 is 2.48 bits per heavy atom. The molecule has 1 atom stereocenters. The lowest BCUT2D eigenvalue weighted by atomic mass is 10.2. The Balaban J connectivity index is 1.88. The minimum atomic E-state index is -0.997. The zero-order valence-corrected chi connectivity index (χ0v) is 15.5. The number of hydrogen-bond acceptors (Lipinski definition) is 4. The molecule has 2 N–H and O–H groups in total. The predicted octanol–water partition coefficient (Wildman–Crippen LogP) is 3.09. The second kappa shape index (κ2) is 9.56. The van der Waals surface area contributed by atoms with Gasteiger partial charge in [-0.15, -0.1) is 0 Å². The van der Waals surface area contributed by atoms with Gasteiger partial charge in [-0.1, -0.05) is 32.0 Å². The maximum absolute atomic E-state index is 13.6. The first-order chi connectivity index (χ1) is 12.9. The number of ether oxygens (including phenoxy) is 2. The monoisotopic (exact) mass is 374 g/mol. The molecule has 0 radical (unpaired) electrons. The summed E-state index contributed by atoms with van der Waals surface area (Å²) >= 11 is 0. The Hall–Kier alpha value is -3.09. The van der Waals surface area contributed by atoms with E-state index in [4.69, 9.17) is 9.47 Å². The standard InChI is InChI=1S/C20H23FN2O4/c1-13(2)12-26-16-8-6-7-15(11-16)20(25)23-22-19(24)14(3)27-18-10-5-4-9-17(18)21/h4-11,13-14H,12H2,1-3H3,(H,22,24)(H,23,25). The summed E-state index contributed by atoms with van der Waals surface area (Å²) in [5, 5.41) is 0. The van der Waals surface area contributed by atoms with Crippen molar-refractivity contribution >= 4 is 11.8 Å². The van der Waals surface area contributed by atoms with Crippen LogP contribution in [0.2, 0.25) is 0 Å². The molecule has 2 rings (SSSR count). The van der Waals surface area contributed by atoms with Crippen LogP contribution in [0.4, 0.5) is 4.39 Å². The number of hydrazine groups is 1. The number of hydrogen-bond donors (Lipinski definition) is 2. The Kier molecular flexibility index (Phi) is 7.16. The van der Waals surface area contributed by atoms with Crippen LogP contribution in [0.5, 0.6) is 11.5 Å². The van der Waals surface area contributed by atoms with Crippen LogP contribution < -0.4 is 20.3 Å². The predicted molar refractivity (Wildman–Crippen MR) is 98.9 cm³/mol. The fraction of sp³-hybridized carbons (Fsp3) is 0.300. The van der Waals surface area contributed by atoms with Gasteiger partial charge in [0.1, 0.15) is 5.75 Å². The van der Waals surface area contributed by atoms with Gasteiger partial charge in [0.25, 0.3) is 11.8 Å². The molecular weight excluding hydrogens is 351 g/mol. The molecule has 27 heavy (non-hydrogen) atoms. The quantitative estimate of drug-likeness (QED) is 0.730. The van der Waals surface area contributed by atoms with E-state index in [0.717, 1.165) is 0 Å².